The van der Waals surface area contributed by atoms with Crippen molar-refractivity contribution in [2.45, 2.75) is 51.2 Å². The predicted octanol–water partition coefficient (Wildman–Crippen LogP) is 5.10. The molecule has 0 radical (unpaired) electrons. The zero-order valence-electron chi connectivity index (χ0n) is 19.5. The third-order valence-corrected chi connectivity index (χ3v) is 6.67. The number of rotatable bonds is 4. The monoisotopic (exact) mass is 437 g/mol. The van der Waals surface area contributed by atoms with E-state index >= 15 is 0 Å². The molecule has 0 saturated carbocycles. The SMILES string of the molecule is CC1(C)OB(c2cccc(-c3nc(-c4ccccc4)nc(C4C=CC=CC4)n3)c2)OC1(C)C. The first-order valence-electron chi connectivity index (χ1n) is 11.4. The fourth-order valence-electron chi connectivity index (χ4n) is 3.98. The Bertz CT molecular complexity index is 1210. The molecule has 0 amide bonds. The Morgan fingerprint density at radius 2 is 1.45 bits per heavy atom. The molecular formula is C27H28BN3O2. The molecule has 1 aliphatic carbocycles. The van der Waals surface area contributed by atoms with Crippen LogP contribution in [0.3, 0.4) is 0 Å². The Hall–Kier alpha value is -3.09. The Kier molecular flexibility index (Phi) is 5.51. The molecule has 1 fully saturated rings. The van der Waals surface area contributed by atoms with Gasteiger partial charge in [0.05, 0.1) is 11.2 Å². The lowest BCUT2D eigenvalue weighted by Crippen LogP contribution is -2.41. The molecule has 1 atom stereocenters. The maximum absolute atomic E-state index is 6.26. The van der Waals surface area contributed by atoms with Gasteiger partial charge in [0.2, 0.25) is 0 Å². The summed E-state index contributed by atoms with van der Waals surface area (Å²) in [6, 6.07) is 18.2. The van der Waals surface area contributed by atoms with Gasteiger partial charge in [-0.2, -0.15) is 0 Å². The highest BCUT2D eigenvalue weighted by Crippen LogP contribution is 2.36. The number of aromatic nitrogens is 3. The number of hydrogen-bond donors (Lipinski definition) is 0. The number of nitrogens with zero attached hydrogens (tertiary/aromatic N) is 3. The van der Waals surface area contributed by atoms with E-state index in [9.17, 15) is 0 Å². The molecular weight excluding hydrogens is 409 g/mol. The van der Waals surface area contributed by atoms with Crippen molar-refractivity contribution < 1.29 is 9.31 Å². The molecule has 1 saturated heterocycles. The van der Waals surface area contributed by atoms with Crippen LogP contribution in [0.2, 0.25) is 0 Å². The quantitative estimate of drug-likeness (QED) is 0.532. The summed E-state index contributed by atoms with van der Waals surface area (Å²) in [4.78, 5) is 14.6. The zero-order chi connectivity index (χ0) is 23.1. The van der Waals surface area contributed by atoms with E-state index in [4.69, 9.17) is 24.3 Å². The number of benzene rings is 2. The molecule has 0 N–H and O–H groups in total. The second-order valence-electron chi connectivity index (χ2n) is 9.58. The average molecular weight is 437 g/mol. The van der Waals surface area contributed by atoms with E-state index in [0.717, 1.165) is 28.8 Å². The van der Waals surface area contributed by atoms with Crippen LogP contribution in [-0.2, 0) is 9.31 Å². The smallest absolute Gasteiger partial charge is 0.399 e. The fraction of sp³-hybridized carbons (Fsp3) is 0.296. The van der Waals surface area contributed by atoms with Crippen molar-refractivity contribution in [3.8, 4) is 22.8 Å². The van der Waals surface area contributed by atoms with Crippen LogP contribution in [0.1, 0.15) is 45.9 Å². The van der Waals surface area contributed by atoms with Crippen molar-refractivity contribution in [3.63, 3.8) is 0 Å². The second kappa shape index (κ2) is 8.36. The van der Waals surface area contributed by atoms with Crippen LogP contribution < -0.4 is 5.46 Å². The molecule has 33 heavy (non-hydrogen) atoms. The van der Waals surface area contributed by atoms with Crippen molar-refractivity contribution in [1.29, 1.82) is 0 Å². The summed E-state index contributed by atoms with van der Waals surface area (Å²) in [5, 5.41) is 0. The highest BCUT2D eigenvalue weighted by molar-refractivity contribution is 6.62. The summed E-state index contributed by atoms with van der Waals surface area (Å²) in [6.45, 7) is 8.25. The van der Waals surface area contributed by atoms with Gasteiger partial charge < -0.3 is 9.31 Å². The first-order chi connectivity index (χ1) is 15.8. The van der Waals surface area contributed by atoms with Gasteiger partial charge >= 0.3 is 7.12 Å². The van der Waals surface area contributed by atoms with E-state index in [1.165, 1.54) is 0 Å². The normalized spacial score (nSPS) is 20.8. The van der Waals surface area contributed by atoms with Crippen molar-refractivity contribution in [2.75, 3.05) is 0 Å². The largest absolute Gasteiger partial charge is 0.494 e. The molecule has 1 aliphatic heterocycles. The Morgan fingerprint density at radius 3 is 2.12 bits per heavy atom. The molecule has 1 unspecified atom stereocenters. The highest BCUT2D eigenvalue weighted by atomic mass is 16.7. The molecule has 5 nitrogen and oxygen atoms in total. The van der Waals surface area contributed by atoms with Gasteiger partial charge in [0.25, 0.3) is 0 Å². The molecule has 2 aromatic carbocycles. The summed E-state index contributed by atoms with van der Waals surface area (Å²) in [5.74, 6) is 2.24. The fourth-order valence-corrected chi connectivity index (χ4v) is 3.98. The molecule has 166 valence electrons. The molecule has 0 spiro atoms. The Labute approximate surface area is 195 Å². The third kappa shape index (κ3) is 4.29. The lowest BCUT2D eigenvalue weighted by Gasteiger charge is -2.32. The van der Waals surface area contributed by atoms with E-state index < -0.39 is 18.3 Å². The molecule has 2 aliphatic rings. The summed E-state index contributed by atoms with van der Waals surface area (Å²) < 4.78 is 12.5. The van der Waals surface area contributed by atoms with Crippen LogP contribution in [-0.4, -0.2) is 33.3 Å². The van der Waals surface area contributed by atoms with Crippen molar-refractivity contribution in [2.24, 2.45) is 0 Å². The third-order valence-electron chi connectivity index (χ3n) is 6.67. The van der Waals surface area contributed by atoms with Crippen LogP contribution in [0.25, 0.3) is 22.8 Å². The van der Waals surface area contributed by atoms with Gasteiger partial charge in [0.15, 0.2) is 11.6 Å². The minimum absolute atomic E-state index is 0.130. The van der Waals surface area contributed by atoms with Gasteiger partial charge in [0, 0.05) is 17.0 Å². The van der Waals surface area contributed by atoms with Gasteiger partial charge in [-0.3, -0.25) is 0 Å². The minimum atomic E-state index is -0.434. The first kappa shape index (κ1) is 21.7. The summed E-state index contributed by atoms with van der Waals surface area (Å²) in [5.41, 5.74) is 2.05. The van der Waals surface area contributed by atoms with Gasteiger partial charge in [-0.15, -0.1) is 0 Å². The summed E-state index contributed by atoms with van der Waals surface area (Å²) >= 11 is 0. The lowest BCUT2D eigenvalue weighted by atomic mass is 9.78. The van der Waals surface area contributed by atoms with Gasteiger partial charge in [0.1, 0.15) is 5.82 Å². The molecule has 5 rings (SSSR count). The average Bonchev–Trinajstić information content (AvgIpc) is 3.07. The maximum Gasteiger partial charge on any atom is 0.494 e. The van der Waals surface area contributed by atoms with Gasteiger partial charge in [-0.1, -0.05) is 78.9 Å². The van der Waals surface area contributed by atoms with Crippen molar-refractivity contribution >= 4 is 12.6 Å². The lowest BCUT2D eigenvalue weighted by molar-refractivity contribution is 0.00578. The second-order valence-corrected chi connectivity index (χ2v) is 9.58. The molecule has 1 aromatic heterocycles. The maximum atomic E-state index is 6.26. The summed E-state index contributed by atoms with van der Waals surface area (Å²) in [6.07, 6.45) is 9.29. The van der Waals surface area contributed by atoms with E-state index in [1.807, 2.05) is 48.5 Å². The van der Waals surface area contributed by atoms with Crippen LogP contribution in [0, 0.1) is 0 Å². The highest BCUT2D eigenvalue weighted by Gasteiger charge is 2.51. The van der Waals surface area contributed by atoms with Crippen LogP contribution >= 0.6 is 0 Å². The van der Waals surface area contributed by atoms with E-state index in [0.29, 0.717) is 11.6 Å². The molecule has 3 aromatic rings. The van der Waals surface area contributed by atoms with E-state index in [1.54, 1.807) is 0 Å². The zero-order valence-corrected chi connectivity index (χ0v) is 19.5. The van der Waals surface area contributed by atoms with Gasteiger partial charge in [-0.25, -0.2) is 15.0 Å². The van der Waals surface area contributed by atoms with E-state index in [-0.39, 0.29) is 5.92 Å². The Balaban J connectivity index is 1.56. The number of allylic oxidation sites excluding steroid dienone is 4. The topological polar surface area (TPSA) is 57.1 Å². The predicted molar refractivity (Wildman–Crippen MR) is 132 cm³/mol. The van der Waals surface area contributed by atoms with Crippen LogP contribution in [0.15, 0.2) is 78.9 Å². The number of hydrogen-bond acceptors (Lipinski definition) is 5. The minimum Gasteiger partial charge on any atom is -0.399 e. The molecule has 0 bridgehead atoms. The van der Waals surface area contributed by atoms with Crippen LogP contribution in [0.5, 0.6) is 0 Å². The van der Waals surface area contributed by atoms with E-state index in [2.05, 4.69) is 58.1 Å². The van der Waals surface area contributed by atoms with Crippen molar-refractivity contribution in [3.05, 3.63) is 84.7 Å². The Morgan fingerprint density at radius 1 is 0.788 bits per heavy atom. The standard InChI is InChI=1S/C27H28BN3O2/c1-26(2)27(3,4)33-28(32-26)22-17-11-16-21(18-22)25-30-23(19-12-7-5-8-13-19)29-24(31-25)20-14-9-6-10-15-20/h5-14,16-18,20H,15H2,1-4H3. The van der Waals surface area contributed by atoms with Gasteiger partial charge in [-0.05, 0) is 39.6 Å². The first-order valence-corrected chi connectivity index (χ1v) is 11.4. The van der Waals surface area contributed by atoms with Crippen molar-refractivity contribution in [1.82, 2.24) is 15.0 Å². The molecule has 6 heteroatoms. The summed E-state index contributed by atoms with van der Waals surface area (Å²) in [7, 11) is -0.434. The molecule has 2 heterocycles. The van der Waals surface area contributed by atoms with Crippen LogP contribution in [0.4, 0.5) is 0 Å².